The molecule has 0 saturated heterocycles. The van der Waals surface area contributed by atoms with Gasteiger partial charge in [-0.2, -0.15) is 0 Å². The smallest absolute Gasteiger partial charge is 0.316 e. The van der Waals surface area contributed by atoms with Gasteiger partial charge in [0.1, 0.15) is 5.84 Å². The molecule has 23 heavy (non-hydrogen) atoms. The summed E-state index contributed by atoms with van der Waals surface area (Å²) in [7, 11) is 0. The first-order valence-corrected chi connectivity index (χ1v) is 8.48. The maximum atomic E-state index is 11.0. The lowest BCUT2D eigenvalue weighted by atomic mass is 10.2. The summed E-state index contributed by atoms with van der Waals surface area (Å²) in [6.07, 6.45) is 1.07. The zero-order valence-electron chi connectivity index (χ0n) is 12.6. The average Bonchev–Trinajstić information content (AvgIpc) is 2.61. The van der Waals surface area contributed by atoms with Crippen molar-refractivity contribution in [3.63, 3.8) is 0 Å². The number of thioether (sulfide) groups is 1. The normalized spacial score (nSPS) is 14.0. The quantitative estimate of drug-likeness (QED) is 0.651. The summed E-state index contributed by atoms with van der Waals surface area (Å²) in [4.78, 5) is 16.6. The van der Waals surface area contributed by atoms with Crippen LogP contribution in [0.25, 0.3) is 0 Å². The Morgan fingerprint density at radius 2 is 2.09 bits per heavy atom. The summed E-state index contributed by atoms with van der Waals surface area (Å²) in [6.45, 7) is 1.81. The van der Waals surface area contributed by atoms with Crippen LogP contribution in [0.2, 0.25) is 0 Å². The van der Waals surface area contributed by atoms with Gasteiger partial charge in [-0.3, -0.25) is 4.99 Å². The molecule has 0 spiro atoms. The SMILES string of the molecule is O=[N+](O)c1cccc(CSc2ccccc2C2=NCCCN2)c1. The second-order valence-electron chi connectivity index (χ2n) is 5.24. The molecule has 1 heterocycles. The highest BCUT2D eigenvalue weighted by atomic mass is 32.2. The first-order valence-electron chi connectivity index (χ1n) is 7.49. The molecule has 2 N–H and O–H groups in total. The monoisotopic (exact) mass is 328 g/mol. The number of amidine groups is 1. The van der Waals surface area contributed by atoms with E-state index in [0.29, 0.717) is 5.75 Å². The van der Waals surface area contributed by atoms with Gasteiger partial charge in [0.2, 0.25) is 0 Å². The summed E-state index contributed by atoms with van der Waals surface area (Å²) in [5, 5.41) is 12.3. The number of benzene rings is 2. The van der Waals surface area contributed by atoms with Crippen molar-refractivity contribution in [1.82, 2.24) is 5.32 Å². The molecule has 0 bridgehead atoms. The van der Waals surface area contributed by atoms with Crippen molar-refractivity contribution in [2.45, 2.75) is 17.1 Å². The van der Waals surface area contributed by atoms with Gasteiger partial charge in [0.05, 0.1) is 4.91 Å². The third-order valence-corrected chi connectivity index (χ3v) is 4.71. The molecule has 0 unspecified atom stereocenters. The molecular formula is C17H18N3O2S+. The van der Waals surface area contributed by atoms with E-state index in [1.54, 1.807) is 30.0 Å². The number of rotatable bonds is 5. The number of hydrogen-bond acceptors (Lipinski definition) is 4. The molecule has 3 rings (SSSR count). The van der Waals surface area contributed by atoms with E-state index < -0.39 is 0 Å². The molecule has 0 atom stereocenters. The summed E-state index contributed by atoms with van der Waals surface area (Å²) in [6, 6.07) is 15.2. The van der Waals surface area contributed by atoms with E-state index in [9.17, 15) is 4.91 Å². The molecule has 0 aromatic heterocycles. The van der Waals surface area contributed by atoms with Gasteiger partial charge in [-0.25, -0.2) is 5.21 Å². The van der Waals surface area contributed by atoms with E-state index in [2.05, 4.69) is 22.4 Å². The molecule has 0 aliphatic carbocycles. The highest BCUT2D eigenvalue weighted by molar-refractivity contribution is 7.98. The lowest BCUT2D eigenvalue weighted by Crippen LogP contribution is -2.30. The maximum Gasteiger partial charge on any atom is 0.316 e. The van der Waals surface area contributed by atoms with Crippen molar-refractivity contribution in [1.29, 1.82) is 0 Å². The van der Waals surface area contributed by atoms with Crippen LogP contribution in [0, 0.1) is 4.91 Å². The predicted molar refractivity (Wildman–Crippen MR) is 91.5 cm³/mol. The predicted octanol–water partition coefficient (Wildman–Crippen LogP) is 3.52. The van der Waals surface area contributed by atoms with Crippen LogP contribution in [-0.4, -0.2) is 29.1 Å². The molecular weight excluding hydrogens is 310 g/mol. The van der Waals surface area contributed by atoms with Gasteiger partial charge in [0.15, 0.2) is 0 Å². The van der Waals surface area contributed by atoms with Crippen molar-refractivity contribution in [3.05, 3.63) is 64.6 Å². The molecule has 1 aliphatic heterocycles. The number of aliphatic imine (C=N–C) groups is 1. The van der Waals surface area contributed by atoms with Crippen molar-refractivity contribution in [2.24, 2.45) is 4.99 Å². The Morgan fingerprint density at radius 1 is 1.22 bits per heavy atom. The van der Waals surface area contributed by atoms with Crippen LogP contribution in [0.4, 0.5) is 5.69 Å². The summed E-state index contributed by atoms with van der Waals surface area (Å²) in [5.74, 6) is 1.67. The minimum atomic E-state index is -0.108. The second kappa shape index (κ2) is 7.28. The standard InChI is InChI=1S/C17H18N3O2S/c21-20(22)14-6-3-5-13(11-14)12-23-16-8-2-1-7-15(16)17-18-9-4-10-19-17/h1-3,5-8,11H,4,9-10,12H2,(H,18,19)(H,21,22)/q+1. The van der Waals surface area contributed by atoms with Gasteiger partial charge < -0.3 is 5.32 Å². The number of nitrogens with zero attached hydrogens (tertiary/aromatic N) is 2. The van der Waals surface area contributed by atoms with Gasteiger partial charge in [-0.15, -0.1) is 11.8 Å². The van der Waals surface area contributed by atoms with Crippen LogP contribution in [-0.2, 0) is 5.75 Å². The maximum absolute atomic E-state index is 11.0. The lowest BCUT2D eigenvalue weighted by Gasteiger charge is -2.17. The van der Waals surface area contributed by atoms with Gasteiger partial charge in [-0.1, -0.05) is 30.3 Å². The zero-order valence-corrected chi connectivity index (χ0v) is 13.4. The molecule has 1 aliphatic rings. The van der Waals surface area contributed by atoms with E-state index in [1.807, 2.05) is 18.2 Å². The van der Waals surface area contributed by atoms with Gasteiger partial charge >= 0.3 is 5.69 Å². The Bertz CT molecular complexity index is 746. The number of hydrogen-bond donors (Lipinski definition) is 2. The van der Waals surface area contributed by atoms with Gasteiger partial charge in [0.25, 0.3) is 4.92 Å². The highest BCUT2D eigenvalue weighted by Crippen LogP contribution is 2.28. The van der Waals surface area contributed by atoms with E-state index in [-0.39, 0.29) is 10.6 Å². The van der Waals surface area contributed by atoms with E-state index in [1.165, 1.54) is 0 Å². The lowest BCUT2D eigenvalue weighted by molar-refractivity contribution is -0.729. The Labute approximate surface area is 139 Å². The molecule has 2 aromatic carbocycles. The summed E-state index contributed by atoms with van der Waals surface area (Å²) >= 11 is 1.69. The molecule has 0 fully saturated rings. The summed E-state index contributed by atoms with van der Waals surface area (Å²) in [5.41, 5.74) is 2.34. The van der Waals surface area contributed by atoms with Crippen LogP contribution < -0.4 is 5.32 Å². The molecule has 5 nitrogen and oxygen atoms in total. The van der Waals surface area contributed by atoms with Crippen LogP contribution >= 0.6 is 11.8 Å². The minimum Gasteiger partial charge on any atom is -0.370 e. The van der Waals surface area contributed by atoms with Crippen molar-refractivity contribution >= 4 is 23.3 Å². The molecule has 0 radical (unpaired) electrons. The average molecular weight is 328 g/mol. The van der Waals surface area contributed by atoms with Crippen molar-refractivity contribution < 1.29 is 10.1 Å². The minimum absolute atomic E-state index is 0.108. The molecule has 0 saturated carbocycles. The Morgan fingerprint density at radius 3 is 2.87 bits per heavy atom. The molecule has 118 valence electrons. The van der Waals surface area contributed by atoms with E-state index in [4.69, 9.17) is 5.21 Å². The second-order valence-corrected chi connectivity index (χ2v) is 6.26. The Kier molecular flexibility index (Phi) is 4.92. The fraction of sp³-hybridized carbons (Fsp3) is 0.235. The molecule has 6 heteroatoms. The topological polar surface area (TPSA) is 64.7 Å². The fourth-order valence-corrected chi connectivity index (χ4v) is 3.42. The van der Waals surface area contributed by atoms with Crippen LogP contribution in [0.15, 0.2) is 58.4 Å². The Hall–Kier alpha value is -2.34. The summed E-state index contributed by atoms with van der Waals surface area (Å²) < 4.78 is 0. The van der Waals surface area contributed by atoms with Crippen LogP contribution in [0.5, 0.6) is 0 Å². The van der Waals surface area contributed by atoms with Gasteiger partial charge in [0, 0.05) is 41.4 Å². The molecule has 0 amide bonds. The van der Waals surface area contributed by atoms with Crippen LogP contribution in [0.3, 0.4) is 0 Å². The zero-order chi connectivity index (χ0) is 16.1. The van der Waals surface area contributed by atoms with Crippen molar-refractivity contribution in [3.8, 4) is 0 Å². The van der Waals surface area contributed by atoms with Crippen molar-refractivity contribution in [2.75, 3.05) is 13.1 Å². The highest BCUT2D eigenvalue weighted by Gasteiger charge is 2.14. The van der Waals surface area contributed by atoms with E-state index >= 15 is 0 Å². The Balaban J connectivity index is 1.77. The van der Waals surface area contributed by atoms with E-state index in [0.717, 1.165) is 41.4 Å². The van der Waals surface area contributed by atoms with Crippen LogP contribution in [0.1, 0.15) is 17.5 Å². The first kappa shape index (κ1) is 15.6. The third kappa shape index (κ3) is 3.90. The van der Waals surface area contributed by atoms with Gasteiger partial charge in [-0.05, 0) is 18.1 Å². The first-order chi connectivity index (χ1) is 11.2. The third-order valence-electron chi connectivity index (χ3n) is 3.57. The fourth-order valence-electron chi connectivity index (χ4n) is 2.43. The largest absolute Gasteiger partial charge is 0.370 e. The molecule has 2 aromatic rings. The number of nitrogens with one attached hydrogen (secondary N) is 1.